The van der Waals surface area contributed by atoms with Gasteiger partial charge in [0.15, 0.2) is 5.54 Å². The fourth-order valence-electron chi connectivity index (χ4n) is 8.77. The van der Waals surface area contributed by atoms with Gasteiger partial charge in [-0.1, -0.05) is 45.4 Å². The summed E-state index contributed by atoms with van der Waals surface area (Å²) in [5.41, 5.74) is 12.0. The van der Waals surface area contributed by atoms with Crippen molar-refractivity contribution in [2.75, 3.05) is 33.9 Å². The van der Waals surface area contributed by atoms with Crippen molar-refractivity contribution in [2.24, 2.45) is 40.6 Å². The topological polar surface area (TPSA) is 118 Å². The summed E-state index contributed by atoms with van der Waals surface area (Å²) in [5, 5.41) is 2.11. The van der Waals surface area contributed by atoms with Crippen LogP contribution in [0.15, 0.2) is 30.3 Å². The first-order chi connectivity index (χ1) is 19.4. The van der Waals surface area contributed by atoms with E-state index >= 15 is 0 Å². The number of unbranched alkanes of at least 4 members (excludes halogenated alkanes) is 1. The lowest BCUT2D eigenvalue weighted by atomic mass is 9.41. The number of hydrogen-bond donors (Lipinski definition) is 2. The molecule has 4 bridgehead atoms. The van der Waals surface area contributed by atoms with Crippen LogP contribution in [0.5, 0.6) is 5.88 Å². The number of ether oxygens (including phenoxy) is 2. The average molecular weight is 566 g/mol. The van der Waals surface area contributed by atoms with Crippen LogP contribution in [-0.4, -0.2) is 66.8 Å². The second-order valence-electron chi connectivity index (χ2n) is 13.9. The minimum atomic E-state index is -0.876. The summed E-state index contributed by atoms with van der Waals surface area (Å²) in [6.07, 6.45) is 5.71. The Kier molecular flexibility index (Phi) is 8.11. The third-order valence-electron chi connectivity index (χ3n) is 10.5. The van der Waals surface area contributed by atoms with Crippen LogP contribution in [0, 0.1) is 29.1 Å². The summed E-state index contributed by atoms with van der Waals surface area (Å²) in [4.78, 5) is 31.5. The van der Waals surface area contributed by atoms with Crippen molar-refractivity contribution in [3.63, 3.8) is 0 Å². The van der Waals surface area contributed by atoms with Crippen molar-refractivity contribution in [2.45, 2.75) is 77.4 Å². The van der Waals surface area contributed by atoms with Gasteiger partial charge >= 0.3 is 0 Å². The molecule has 0 radical (unpaired) electrons. The highest BCUT2D eigenvalue weighted by Crippen LogP contribution is 2.66. The monoisotopic (exact) mass is 565 g/mol. The highest BCUT2D eigenvalue weighted by Gasteiger charge is 2.75. The maximum absolute atomic E-state index is 13.8. The molecule has 1 aromatic heterocycles. The van der Waals surface area contributed by atoms with E-state index in [4.69, 9.17) is 25.9 Å². The van der Waals surface area contributed by atoms with Crippen molar-refractivity contribution in [1.82, 2.24) is 4.98 Å². The van der Waals surface area contributed by atoms with Crippen LogP contribution in [0.25, 0.3) is 10.8 Å². The minimum absolute atomic E-state index is 0.0322. The number of likely N-dealkylation sites (N-methyl/N-ethyl adjacent to an activating group) is 1. The summed E-state index contributed by atoms with van der Waals surface area (Å²) in [6.45, 7) is 8.02. The van der Waals surface area contributed by atoms with Gasteiger partial charge in [-0.3, -0.25) is 9.59 Å². The third kappa shape index (κ3) is 5.01. The number of carbonyl (C=O) groups excluding carboxylic acids is 2. The van der Waals surface area contributed by atoms with Gasteiger partial charge in [-0.2, -0.15) is 0 Å². The molecule has 0 saturated heterocycles. The number of aromatic nitrogens is 1. The third-order valence-corrected chi connectivity index (χ3v) is 10.5. The first kappa shape index (κ1) is 29.8. The zero-order valence-corrected chi connectivity index (χ0v) is 25.5. The molecule has 4 saturated carbocycles. The number of fused-ring (bicyclic) bond motifs is 1. The van der Waals surface area contributed by atoms with Crippen molar-refractivity contribution in [3.05, 3.63) is 36.0 Å². The largest absolute Gasteiger partial charge is 0.471 e. The summed E-state index contributed by atoms with van der Waals surface area (Å²) < 4.78 is 13.4. The first-order valence-electron chi connectivity index (χ1n) is 15.5. The number of hydrogen-bond acceptors (Lipinski definition) is 5. The predicted molar refractivity (Wildman–Crippen MR) is 160 cm³/mol. The smallest absolute Gasteiger partial charge is 0.279 e. The van der Waals surface area contributed by atoms with Crippen molar-refractivity contribution >= 4 is 22.6 Å². The Hall–Kier alpha value is -2.71. The summed E-state index contributed by atoms with van der Waals surface area (Å²) in [7, 11) is 4.19. The second kappa shape index (κ2) is 11.2. The number of nitrogens with two attached hydrogens (primary N) is 2. The number of nitrogens with zero attached hydrogens (tertiary/aromatic N) is 2. The van der Waals surface area contributed by atoms with E-state index < -0.39 is 11.0 Å². The fraction of sp³-hybridized carbons (Fsp3) is 0.667. The molecular formula is C33H49N4O4+. The minimum Gasteiger partial charge on any atom is -0.471 e. The number of aryl methyl sites for hydroxylation is 1. The lowest BCUT2D eigenvalue weighted by Crippen LogP contribution is -2.82. The SMILES string of the molecule is CCCCc1cc2ccccc2c(OCC[N+](C)(C)C2(C(N)=O)C3CC4CC(C(N)=O)(C3)CC2C4OCC(C)C)n1. The number of quaternary nitrogens is 1. The van der Waals surface area contributed by atoms with Gasteiger partial charge in [0.2, 0.25) is 11.8 Å². The lowest BCUT2D eigenvalue weighted by Gasteiger charge is -2.68. The average Bonchev–Trinajstić information content (AvgIpc) is 2.90. The fourth-order valence-corrected chi connectivity index (χ4v) is 8.77. The standard InChI is InChI=1S/C33H48N4O4/c1-6-7-11-25-16-22-10-8-9-12-26(22)29(36-25)40-14-13-37(4,5)33(31(35)39)24-15-23-17-32(18-24,30(34)38)19-27(33)28(23)41-20-21(2)3/h8-10,12,16,21,23-24,27-28H,6-7,11,13-15,17-20H2,1-5H3,(H3-,34,35,38,39)/p+1. The van der Waals surface area contributed by atoms with E-state index in [1.165, 1.54) is 0 Å². The van der Waals surface area contributed by atoms with Crippen molar-refractivity contribution in [1.29, 1.82) is 0 Å². The van der Waals surface area contributed by atoms with E-state index in [2.05, 4.69) is 47.0 Å². The lowest BCUT2D eigenvalue weighted by molar-refractivity contribution is -0.944. The van der Waals surface area contributed by atoms with Crippen molar-refractivity contribution < 1.29 is 23.5 Å². The maximum Gasteiger partial charge on any atom is 0.279 e. The molecule has 6 atom stereocenters. The zero-order valence-electron chi connectivity index (χ0n) is 25.5. The number of pyridine rings is 1. The van der Waals surface area contributed by atoms with E-state index in [1.54, 1.807) is 0 Å². The molecule has 1 heterocycles. The van der Waals surface area contributed by atoms with E-state index in [0.717, 1.165) is 48.6 Å². The molecule has 2 amide bonds. The molecule has 4 fully saturated rings. The summed E-state index contributed by atoms with van der Waals surface area (Å²) >= 11 is 0. The first-order valence-corrected chi connectivity index (χ1v) is 15.5. The Morgan fingerprint density at radius 2 is 1.88 bits per heavy atom. The van der Waals surface area contributed by atoms with Gasteiger partial charge in [0.05, 0.1) is 31.5 Å². The van der Waals surface area contributed by atoms with Crippen LogP contribution in [0.1, 0.15) is 65.0 Å². The van der Waals surface area contributed by atoms with Gasteiger partial charge in [-0.05, 0) is 67.9 Å². The van der Waals surface area contributed by atoms with Gasteiger partial charge in [-0.25, -0.2) is 4.98 Å². The molecule has 0 aliphatic heterocycles. The van der Waals surface area contributed by atoms with Crippen LogP contribution < -0.4 is 16.2 Å². The molecule has 4 aliphatic carbocycles. The highest BCUT2D eigenvalue weighted by molar-refractivity contribution is 5.88. The van der Waals surface area contributed by atoms with Gasteiger partial charge < -0.3 is 25.4 Å². The molecule has 1 aromatic carbocycles. The molecule has 2 aromatic rings. The maximum atomic E-state index is 13.8. The highest BCUT2D eigenvalue weighted by atomic mass is 16.5. The molecule has 8 heteroatoms. The van der Waals surface area contributed by atoms with E-state index in [-0.39, 0.29) is 35.7 Å². The Morgan fingerprint density at radius 1 is 1.12 bits per heavy atom. The zero-order chi connectivity index (χ0) is 29.6. The number of amides is 2. The number of rotatable bonds is 13. The predicted octanol–water partition coefficient (Wildman–Crippen LogP) is 4.22. The molecule has 6 rings (SSSR count). The molecule has 224 valence electrons. The van der Waals surface area contributed by atoms with Crippen LogP contribution in [-0.2, 0) is 20.7 Å². The number of benzene rings is 1. The van der Waals surface area contributed by atoms with Crippen molar-refractivity contribution in [3.8, 4) is 5.88 Å². The molecule has 8 nitrogen and oxygen atoms in total. The molecule has 4 N–H and O–H groups in total. The van der Waals surface area contributed by atoms with Crippen LogP contribution in [0.4, 0.5) is 0 Å². The summed E-state index contributed by atoms with van der Waals surface area (Å²) in [5.74, 6) is 0.457. The Balaban J connectivity index is 1.44. The second-order valence-corrected chi connectivity index (χ2v) is 13.9. The molecule has 4 aliphatic rings. The Labute approximate surface area is 244 Å². The summed E-state index contributed by atoms with van der Waals surface area (Å²) in [6, 6.07) is 10.3. The molecular weight excluding hydrogens is 516 g/mol. The quantitative estimate of drug-likeness (QED) is 0.353. The van der Waals surface area contributed by atoms with E-state index in [1.807, 2.05) is 18.2 Å². The van der Waals surface area contributed by atoms with Gasteiger partial charge in [0.25, 0.3) is 5.91 Å². The Morgan fingerprint density at radius 3 is 2.56 bits per heavy atom. The van der Waals surface area contributed by atoms with Crippen LogP contribution in [0.2, 0.25) is 0 Å². The van der Waals surface area contributed by atoms with E-state index in [0.29, 0.717) is 48.9 Å². The van der Waals surface area contributed by atoms with Crippen LogP contribution in [0.3, 0.4) is 0 Å². The molecule has 6 unspecified atom stereocenters. The normalized spacial score (nSPS) is 30.7. The van der Waals surface area contributed by atoms with Crippen LogP contribution >= 0.6 is 0 Å². The van der Waals surface area contributed by atoms with Gasteiger partial charge in [0, 0.05) is 23.6 Å². The number of primary amides is 2. The molecule has 41 heavy (non-hydrogen) atoms. The van der Waals surface area contributed by atoms with E-state index in [9.17, 15) is 9.59 Å². The molecule has 0 spiro atoms. The Bertz CT molecular complexity index is 1300. The number of carbonyl (C=O) groups is 2. The van der Waals surface area contributed by atoms with Gasteiger partial charge in [-0.15, -0.1) is 0 Å². The van der Waals surface area contributed by atoms with Gasteiger partial charge in [0.1, 0.15) is 13.2 Å².